The standard InChI is InChI=1S/C14H17FN2O4S/c1-8(4-14-9(2)16-21-10(14)3)17-22(19,20)13-6-11(15)5-12(18)7-13/h5-8,17-18H,4H2,1-3H3. The van der Waals surface area contributed by atoms with E-state index >= 15 is 0 Å². The van der Waals surface area contributed by atoms with E-state index < -0.39 is 27.6 Å². The molecule has 0 saturated heterocycles. The predicted octanol–water partition coefficient (Wildman–Crippen LogP) is 2.05. The number of hydrogen-bond donors (Lipinski definition) is 2. The molecule has 2 aromatic rings. The van der Waals surface area contributed by atoms with Gasteiger partial charge in [0.05, 0.1) is 10.6 Å². The monoisotopic (exact) mass is 328 g/mol. The number of benzene rings is 1. The fourth-order valence-corrected chi connectivity index (χ4v) is 3.47. The maximum absolute atomic E-state index is 13.2. The van der Waals surface area contributed by atoms with Gasteiger partial charge in [0.15, 0.2) is 0 Å². The molecule has 1 aromatic heterocycles. The summed E-state index contributed by atoms with van der Waals surface area (Å²) in [6.45, 7) is 5.21. The fraction of sp³-hybridized carbons (Fsp3) is 0.357. The minimum Gasteiger partial charge on any atom is -0.508 e. The van der Waals surface area contributed by atoms with E-state index in [0.29, 0.717) is 17.9 Å². The molecule has 0 aliphatic heterocycles. The first kappa shape index (κ1) is 16.4. The molecule has 0 aliphatic carbocycles. The van der Waals surface area contributed by atoms with Crippen LogP contribution in [-0.2, 0) is 16.4 Å². The van der Waals surface area contributed by atoms with Gasteiger partial charge in [0, 0.05) is 23.7 Å². The lowest BCUT2D eigenvalue weighted by Gasteiger charge is -2.14. The third-order valence-corrected chi connectivity index (χ3v) is 4.78. The molecule has 0 aliphatic rings. The number of nitrogens with one attached hydrogen (secondary N) is 1. The Balaban J connectivity index is 2.18. The van der Waals surface area contributed by atoms with Crippen molar-refractivity contribution in [3.63, 3.8) is 0 Å². The highest BCUT2D eigenvalue weighted by Crippen LogP contribution is 2.20. The Kier molecular flexibility index (Phi) is 4.52. The van der Waals surface area contributed by atoms with E-state index in [0.717, 1.165) is 23.8 Å². The van der Waals surface area contributed by atoms with Crippen molar-refractivity contribution in [3.05, 3.63) is 41.0 Å². The minimum absolute atomic E-state index is 0.324. The molecule has 0 saturated carbocycles. The Labute approximate surface area is 128 Å². The van der Waals surface area contributed by atoms with E-state index in [-0.39, 0.29) is 4.90 Å². The van der Waals surface area contributed by atoms with Crippen LogP contribution in [0.5, 0.6) is 5.75 Å². The Morgan fingerprint density at radius 3 is 2.59 bits per heavy atom. The van der Waals surface area contributed by atoms with Crippen LogP contribution in [-0.4, -0.2) is 24.7 Å². The van der Waals surface area contributed by atoms with Crippen LogP contribution in [0.15, 0.2) is 27.6 Å². The van der Waals surface area contributed by atoms with Gasteiger partial charge in [0.25, 0.3) is 0 Å². The van der Waals surface area contributed by atoms with Gasteiger partial charge in [0.2, 0.25) is 10.0 Å². The molecule has 2 N–H and O–H groups in total. The molecule has 8 heteroatoms. The van der Waals surface area contributed by atoms with E-state index in [1.807, 2.05) is 0 Å². The highest BCUT2D eigenvalue weighted by atomic mass is 32.2. The van der Waals surface area contributed by atoms with Gasteiger partial charge in [-0.05, 0) is 33.3 Å². The van der Waals surface area contributed by atoms with Gasteiger partial charge in [-0.1, -0.05) is 5.16 Å². The van der Waals surface area contributed by atoms with Crippen molar-refractivity contribution in [2.45, 2.75) is 38.1 Å². The molecule has 1 atom stereocenters. The molecular formula is C14H17FN2O4S. The molecular weight excluding hydrogens is 311 g/mol. The molecule has 0 bridgehead atoms. The van der Waals surface area contributed by atoms with Crippen molar-refractivity contribution in [1.82, 2.24) is 9.88 Å². The molecule has 120 valence electrons. The summed E-state index contributed by atoms with van der Waals surface area (Å²) in [5.41, 5.74) is 1.53. The summed E-state index contributed by atoms with van der Waals surface area (Å²) < 4.78 is 45.1. The van der Waals surface area contributed by atoms with Crippen LogP contribution in [0.25, 0.3) is 0 Å². The lowest BCUT2D eigenvalue weighted by atomic mass is 10.1. The summed E-state index contributed by atoms with van der Waals surface area (Å²) in [4.78, 5) is -0.324. The van der Waals surface area contributed by atoms with Crippen LogP contribution in [0.2, 0.25) is 0 Å². The maximum Gasteiger partial charge on any atom is 0.241 e. The largest absolute Gasteiger partial charge is 0.508 e. The number of sulfonamides is 1. The Morgan fingerprint density at radius 1 is 1.36 bits per heavy atom. The van der Waals surface area contributed by atoms with E-state index in [1.165, 1.54) is 0 Å². The number of rotatable bonds is 5. The highest BCUT2D eigenvalue weighted by molar-refractivity contribution is 7.89. The van der Waals surface area contributed by atoms with Gasteiger partial charge in [0.1, 0.15) is 17.3 Å². The second-order valence-electron chi connectivity index (χ2n) is 5.17. The van der Waals surface area contributed by atoms with Crippen molar-refractivity contribution in [2.75, 3.05) is 0 Å². The summed E-state index contributed by atoms with van der Waals surface area (Å²) in [5.74, 6) is -0.635. The first-order valence-electron chi connectivity index (χ1n) is 6.62. The molecule has 1 aromatic carbocycles. The average Bonchev–Trinajstić information content (AvgIpc) is 2.69. The van der Waals surface area contributed by atoms with Crippen molar-refractivity contribution in [1.29, 1.82) is 0 Å². The first-order chi connectivity index (χ1) is 10.2. The normalized spacial score (nSPS) is 13.3. The zero-order valence-electron chi connectivity index (χ0n) is 12.4. The first-order valence-corrected chi connectivity index (χ1v) is 8.11. The number of halogens is 1. The number of phenols is 1. The maximum atomic E-state index is 13.2. The van der Waals surface area contributed by atoms with Crippen LogP contribution in [0.3, 0.4) is 0 Å². The number of aryl methyl sites for hydroxylation is 2. The van der Waals surface area contributed by atoms with Crippen molar-refractivity contribution < 1.29 is 22.4 Å². The Hall–Kier alpha value is -1.93. The predicted molar refractivity (Wildman–Crippen MR) is 77.5 cm³/mol. The molecule has 0 radical (unpaired) electrons. The summed E-state index contributed by atoms with van der Waals surface area (Å²) >= 11 is 0. The molecule has 2 rings (SSSR count). The van der Waals surface area contributed by atoms with Crippen LogP contribution < -0.4 is 4.72 Å². The fourth-order valence-electron chi connectivity index (χ4n) is 2.18. The lowest BCUT2D eigenvalue weighted by Crippen LogP contribution is -2.34. The third kappa shape index (κ3) is 3.63. The van der Waals surface area contributed by atoms with Gasteiger partial charge in [-0.25, -0.2) is 17.5 Å². The zero-order chi connectivity index (χ0) is 16.5. The summed E-state index contributed by atoms with van der Waals surface area (Å²) in [6.07, 6.45) is 0.391. The summed E-state index contributed by atoms with van der Waals surface area (Å²) in [5, 5.41) is 13.1. The number of hydrogen-bond acceptors (Lipinski definition) is 5. The Morgan fingerprint density at radius 2 is 2.05 bits per heavy atom. The van der Waals surface area contributed by atoms with Gasteiger partial charge >= 0.3 is 0 Å². The molecule has 1 unspecified atom stereocenters. The van der Waals surface area contributed by atoms with Crippen molar-refractivity contribution in [2.24, 2.45) is 0 Å². The summed E-state index contributed by atoms with van der Waals surface area (Å²) in [6, 6.07) is 2.23. The second-order valence-corrected chi connectivity index (χ2v) is 6.89. The van der Waals surface area contributed by atoms with Gasteiger partial charge in [-0.3, -0.25) is 0 Å². The molecule has 0 fully saturated rings. The van der Waals surface area contributed by atoms with Gasteiger partial charge in [-0.15, -0.1) is 0 Å². The van der Waals surface area contributed by atoms with Crippen LogP contribution in [0, 0.1) is 19.7 Å². The minimum atomic E-state index is -3.93. The quantitative estimate of drug-likeness (QED) is 0.876. The van der Waals surface area contributed by atoms with Crippen molar-refractivity contribution in [3.8, 4) is 5.75 Å². The van der Waals surface area contributed by atoms with Gasteiger partial charge in [-0.2, -0.15) is 0 Å². The smallest absolute Gasteiger partial charge is 0.241 e. The van der Waals surface area contributed by atoms with Gasteiger partial charge < -0.3 is 9.63 Å². The molecule has 22 heavy (non-hydrogen) atoms. The summed E-state index contributed by atoms with van der Waals surface area (Å²) in [7, 11) is -3.93. The van der Waals surface area contributed by atoms with E-state index in [1.54, 1.807) is 20.8 Å². The third-order valence-electron chi connectivity index (χ3n) is 3.21. The zero-order valence-corrected chi connectivity index (χ0v) is 13.2. The van der Waals surface area contributed by atoms with E-state index in [9.17, 15) is 17.9 Å². The second kappa shape index (κ2) is 6.05. The number of aromatic nitrogens is 1. The SMILES string of the molecule is Cc1noc(C)c1CC(C)NS(=O)(=O)c1cc(O)cc(F)c1. The highest BCUT2D eigenvalue weighted by Gasteiger charge is 2.21. The number of aromatic hydroxyl groups is 1. The molecule has 0 amide bonds. The van der Waals surface area contributed by atoms with E-state index in [2.05, 4.69) is 9.88 Å². The molecule has 0 spiro atoms. The van der Waals surface area contributed by atoms with E-state index in [4.69, 9.17) is 4.52 Å². The molecule has 1 heterocycles. The van der Waals surface area contributed by atoms with Crippen molar-refractivity contribution >= 4 is 10.0 Å². The van der Waals surface area contributed by atoms with Crippen LogP contribution >= 0.6 is 0 Å². The Bertz CT molecular complexity index is 746. The number of nitrogens with zero attached hydrogens (tertiary/aromatic N) is 1. The lowest BCUT2D eigenvalue weighted by molar-refractivity contribution is 0.392. The molecule has 6 nitrogen and oxygen atoms in total. The topological polar surface area (TPSA) is 92.4 Å². The van der Waals surface area contributed by atoms with Crippen LogP contribution in [0.1, 0.15) is 23.9 Å². The van der Waals surface area contributed by atoms with Crippen LogP contribution in [0.4, 0.5) is 4.39 Å². The average molecular weight is 328 g/mol. The number of phenolic OH excluding ortho intramolecular Hbond substituents is 1.